The molecule has 0 aromatic heterocycles. The Balaban J connectivity index is 1.87. The largest absolute Gasteiger partial charge is 0.493 e. The zero-order valence-corrected chi connectivity index (χ0v) is 15.6. The minimum atomic E-state index is -0.607. The van der Waals surface area contributed by atoms with E-state index in [0.717, 1.165) is 16.9 Å². The Bertz CT molecular complexity index is 860. The second-order valence-electron chi connectivity index (χ2n) is 5.87. The molecule has 0 bridgehead atoms. The highest BCUT2D eigenvalue weighted by Gasteiger charge is 2.06. The van der Waals surface area contributed by atoms with E-state index in [1.807, 2.05) is 31.2 Å². The highest BCUT2D eigenvalue weighted by molar-refractivity contribution is 5.96. The third kappa shape index (κ3) is 6.60. The first kappa shape index (κ1) is 20.7. The Morgan fingerprint density at radius 1 is 1.04 bits per heavy atom. The molecule has 0 heterocycles. The Hall–Kier alpha value is -3.61. The van der Waals surface area contributed by atoms with Gasteiger partial charge in [-0.05, 0) is 36.8 Å². The van der Waals surface area contributed by atoms with E-state index in [4.69, 9.17) is 10.5 Å². The summed E-state index contributed by atoms with van der Waals surface area (Å²) in [7, 11) is 0. The summed E-state index contributed by atoms with van der Waals surface area (Å²) in [5, 5.41) is 5.19. The molecule has 0 atom stereocenters. The van der Waals surface area contributed by atoms with Crippen molar-refractivity contribution >= 4 is 23.8 Å². The van der Waals surface area contributed by atoms with Crippen molar-refractivity contribution in [3.05, 3.63) is 71.3 Å². The number of hydrogen-bond donors (Lipinski definition) is 3. The van der Waals surface area contributed by atoms with E-state index >= 15 is 0 Å². The number of primary amides is 1. The molecule has 0 aliphatic heterocycles. The van der Waals surface area contributed by atoms with Crippen LogP contribution in [0.3, 0.4) is 0 Å². The summed E-state index contributed by atoms with van der Waals surface area (Å²) < 4.78 is 5.52. The topological polar surface area (TPSA) is 111 Å². The maximum absolute atomic E-state index is 12.0. The van der Waals surface area contributed by atoms with Crippen LogP contribution in [0, 0.1) is 0 Å². The molecule has 7 heteroatoms. The second kappa shape index (κ2) is 10.5. The van der Waals surface area contributed by atoms with E-state index in [9.17, 15) is 14.4 Å². The predicted molar refractivity (Wildman–Crippen MR) is 106 cm³/mol. The molecular formula is C21H23N3O4. The van der Waals surface area contributed by atoms with Gasteiger partial charge in [0.1, 0.15) is 5.75 Å². The summed E-state index contributed by atoms with van der Waals surface area (Å²) >= 11 is 0. The fraction of sp³-hybridized carbons (Fsp3) is 0.190. The van der Waals surface area contributed by atoms with Gasteiger partial charge in [0.25, 0.3) is 5.91 Å². The zero-order valence-electron chi connectivity index (χ0n) is 15.6. The summed E-state index contributed by atoms with van der Waals surface area (Å²) in [5.41, 5.74) is 7.06. The number of nitrogens with one attached hydrogen (secondary N) is 2. The molecule has 0 fully saturated rings. The van der Waals surface area contributed by atoms with Gasteiger partial charge < -0.3 is 21.1 Å². The molecule has 2 aromatic rings. The van der Waals surface area contributed by atoms with E-state index in [1.54, 1.807) is 30.3 Å². The average molecular weight is 381 g/mol. The lowest BCUT2D eigenvalue weighted by molar-refractivity contribution is -0.117. The molecule has 2 aromatic carbocycles. The first-order chi connectivity index (χ1) is 13.5. The average Bonchev–Trinajstić information content (AvgIpc) is 2.70. The summed E-state index contributed by atoms with van der Waals surface area (Å²) in [5.74, 6) is -0.510. The van der Waals surface area contributed by atoms with Crippen molar-refractivity contribution in [1.29, 1.82) is 0 Å². The van der Waals surface area contributed by atoms with Gasteiger partial charge in [-0.3, -0.25) is 14.4 Å². The molecule has 0 unspecified atom stereocenters. The van der Waals surface area contributed by atoms with Gasteiger partial charge in [-0.15, -0.1) is 0 Å². The number of amides is 3. The Morgan fingerprint density at radius 3 is 2.43 bits per heavy atom. The van der Waals surface area contributed by atoms with Gasteiger partial charge in [0.15, 0.2) is 0 Å². The van der Waals surface area contributed by atoms with Crippen molar-refractivity contribution < 1.29 is 19.1 Å². The van der Waals surface area contributed by atoms with Gasteiger partial charge >= 0.3 is 0 Å². The van der Waals surface area contributed by atoms with Crippen molar-refractivity contribution in [3.63, 3.8) is 0 Å². The third-order valence-electron chi connectivity index (χ3n) is 3.74. The summed E-state index contributed by atoms with van der Waals surface area (Å²) in [6.45, 7) is 2.56. The van der Waals surface area contributed by atoms with Gasteiger partial charge in [0.2, 0.25) is 11.8 Å². The van der Waals surface area contributed by atoms with E-state index in [2.05, 4.69) is 10.6 Å². The standard InChI is InChI=1S/C21H23N3O4/c1-2-28-18-6-4-3-5-16(18)11-12-20(26)23-13-15-7-9-17(10-8-15)21(27)24-14-19(22)25/h3-12H,2,13-14H2,1H3,(H2,22,25)(H,23,26)(H,24,27)/b12-11+. The number of ether oxygens (including phenoxy) is 1. The Morgan fingerprint density at radius 2 is 1.75 bits per heavy atom. The predicted octanol–water partition coefficient (Wildman–Crippen LogP) is 1.63. The van der Waals surface area contributed by atoms with E-state index < -0.39 is 5.91 Å². The molecule has 4 N–H and O–H groups in total. The molecule has 0 spiro atoms. The van der Waals surface area contributed by atoms with Crippen LogP contribution in [0.5, 0.6) is 5.75 Å². The Labute approximate surface area is 163 Å². The number of benzene rings is 2. The van der Waals surface area contributed by atoms with Crippen LogP contribution in [0.25, 0.3) is 6.08 Å². The minimum absolute atomic E-state index is 0.213. The SMILES string of the molecule is CCOc1ccccc1/C=C/C(=O)NCc1ccc(C(=O)NCC(N)=O)cc1. The number of carbonyl (C=O) groups is 3. The van der Waals surface area contributed by atoms with E-state index in [-0.39, 0.29) is 18.4 Å². The van der Waals surface area contributed by atoms with Crippen LogP contribution >= 0.6 is 0 Å². The van der Waals surface area contributed by atoms with Crippen LogP contribution in [-0.4, -0.2) is 30.9 Å². The molecule has 146 valence electrons. The first-order valence-electron chi connectivity index (χ1n) is 8.82. The number of nitrogens with two attached hydrogens (primary N) is 1. The quantitative estimate of drug-likeness (QED) is 0.573. The molecule has 0 saturated carbocycles. The number of para-hydroxylation sites is 1. The third-order valence-corrected chi connectivity index (χ3v) is 3.74. The fourth-order valence-electron chi connectivity index (χ4n) is 2.36. The maximum Gasteiger partial charge on any atom is 0.251 e. The van der Waals surface area contributed by atoms with Crippen molar-refractivity contribution in [3.8, 4) is 5.75 Å². The van der Waals surface area contributed by atoms with Crippen molar-refractivity contribution in [2.45, 2.75) is 13.5 Å². The molecule has 28 heavy (non-hydrogen) atoms. The summed E-state index contributed by atoms with van der Waals surface area (Å²) in [6.07, 6.45) is 3.15. The number of rotatable bonds is 9. The number of hydrogen-bond acceptors (Lipinski definition) is 4. The van der Waals surface area contributed by atoms with Crippen molar-refractivity contribution in [2.24, 2.45) is 5.73 Å². The smallest absolute Gasteiger partial charge is 0.251 e. The highest BCUT2D eigenvalue weighted by Crippen LogP contribution is 2.19. The maximum atomic E-state index is 12.0. The van der Waals surface area contributed by atoms with Gasteiger partial charge in [0, 0.05) is 23.7 Å². The second-order valence-corrected chi connectivity index (χ2v) is 5.87. The van der Waals surface area contributed by atoms with Crippen LogP contribution in [0.2, 0.25) is 0 Å². The molecule has 0 aliphatic carbocycles. The fourth-order valence-corrected chi connectivity index (χ4v) is 2.36. The molecule has 7 nitrogen and oxygen atoms in total. The van der Waals surface area contributed by atoms with Crippen LogP contribution in [0.15, 0.2) is 54.6 Å². The lowest BCUT2D eigenvalue weighted by Gasteiger charge is -2.07. The monoisotopic (exact) mass is 381 g/mol. The van der Waals surface area contributed by atoms with Crippen molar-refractivity contribution in [1.82, 2.24) is 10.6 Å². The molecule has 0 aliphatic rings. The minimum Gasteiger partial charge on any atom is -0.493 e. The lowest BCUT2D eigenvalue weighted by atomic mass is 10.1. The van der Waals surface area contributed by atoms with Crippen LogP contribution in [-0.2, 0) is 16.1 Å². The first-order valence-corrected chi connectivity index (χ1v) is 8.82. The van der Waals surface area contributed by atoms with Gasteiger partial charge in [-0.2, -0.15) is 0 Å². The van der Waals surface area contributed by atoms with E-state index in [0.29, 0.717) is 18.7 Å². The van der Waals surface area contributed by atoms with Gasteiger partial charge in [-0.25, -0.2) is 0 Å². The highest BCUT2D eigenvalue weighted by atomic mass is 16.5. The number of carbonyl (C=O) groups excluding carboxylic acids is 3. The van der Waals surface area contributed by atoms with Crippen molar-refractivity contribution in [2.75, 3.05) is 13.2 Å². The molecule has 3 amide bonds. The Kier molecular flexibility index (Phi) is 7.77. The van der Waals surface area contributed by atoms with Crippen LogP contribution < -0.4 is 21.1 Å². The molecule has 0 radical (unpaired) electrons. The van der Waals surface area contributed by atoms with E-state index in [1.165, 1.54) is 6.08 Å². The molecule has 0 saturated heterocycles. The lowest BCUT2D eigenvalue weighted by Crippen LogP contribution is -2.33. The van der Waals surface area contributed by atoms with Crippen LogP contribution in [0.4, 0.5) is 0 Å². The normalized spacial score (nSPS) is 10.5. The van der Waals surface area contributed by atoms with Gasteiger partial charge in [-0.1, -0.05) is 30.3 Å². The summed E-state index contributed by atoms with van der Waals surface area (Å²) in [6, 6.07) is 14.2. The molecule has 2 rings (SSSR count). The zero-order chi connectivity index (χ0) is 20.4. The van der Waals surface area contributed by atoms with Gasteiger partial charge in [0.05, 0.1) is 13.2 Å². The summed E-state index contributed by atoms with van der Waals surface area (Å²) in [4.78, 5) is 34.5. The van der Waals surface area contributed by atoms with Crippen LogP contribution in [0.1, 0.15) is 28.4 Å². The molecular weight excluding hydrogens is 358 g/mol.